The van der Waals surface area contributed by atoms with Crippen molar-refractivity contribution in [2.45, 2.75) is 12.5 Å². The van der Waals surface area contributed by atoms with Crippen LogP contribution in [0.2, 0.25) is 0 Å². The number of amides is 1. The van der Waals surface area contributed by atoms with E-state index in [9.17, 15) is 22.4 Å². The van der Waals surface area contributed by atoms with Crippen molar-refractivity contribution in [2.75, 3.05) is 18.1 Å². The number of ether oxygens (including phenoxy) is 1. The van der Waals surface area contributed by atoms with E-state index >= 15 is 0 Å². The van der Waals surface area contributed by atoms with Crippen LogP contribution in [0.3, 0.4) is 0 Å². The zero-order valence-corrected chi connectivity index (χ0v) is 13.0. The molecule has 1 aliphatic heterocycles. The Bertz CT molecular complexity index is 729. The number of carbonyl (C=O) groups is 2. The minimum atomic E-state index is -3.08. The minimum absolute atomic E-state index is 0.0448. The maximum Gasteiger partial charge on any atom is 0.331 e. The Hall–Kier alpha value is -2.22. The van der Waals surface area contributed by atoms with Crippen LogP contribution in [0, 0.1) is 5.82 Å². The first-order valence-electron chi connectivity index (χ1n) is 6.95. The van der Waals surface area contributed by atoms with E-state index in [-0.39, 0.29) is 17.1 Å². The predicted octanol–water partition coefficient (Wildman–Crippen LogP) is 0.685. The van der Waals surface area contributed by atoms with E-state index in [1.54, 1.807) is 6.07 Å². The first-order valence-corrected chi connectivity index (χ1v) is 8.77. The third-order valence-corrected chi connectivity index (χ3v) is 5.02. The third-order valence-electron chi connectivity index (χ3n) is 3.25. The molecule has 124 valence electrons. The van der Waals surface area contributed by atoms with E-state index in [4.69, 9.17) is 4.74 Å². The predicted molar refractivity (Wildman–Crippen MR) is 81.6 cm³/mol. The van der Waals surface area contributed by atoms with Crippen molar-refractivity contribution in [3.05, 3.63) is 41.7 Å². The molecule has 0 bridgehead atoms. The molecule has 1 aromatic carbocycles. The molecule has 6 nitrogen and oxygen atoms in total. The lowest BCUT2D eigenvalue weighted by Gasteiger charge is -2.10. The molecule has 8 heteroatoms. The van der Waals surface area contributed by atoms with Gasteiger partial charge in [-0.15, -0.1) is 0 Å². The molecule has 0 aromatic heterocycles. The van der Waals surface area contributed by atoms with Gasteiger partial charge >= 0.3 is 5.97 Å². The highest BCUT2D eigenvalue weighted by atomic mass is 32.2. The third kappa shape index (κ3) is 5.48. The van der Waals surface area contributed by atoms with Gasteiger partial charge in [-0.2, -0.15) is 0 Å². The van der Waals surface area contributed by atoms with Gasteiger partial charge in [-0.3, -0.25) is 4.79 Å². The van der Waals surface area contributed by atoms with Crippen LogP contribution in [0.5, 0.6) is 0 Å². The average molecular weight is 341 g/mol. The summed E-state index contributed by atoms with van der Waals surface area (Å²) in [5.41, 5.74) is 0.227. The summed E-state index contributed by atoms with van der Waals surface area (Å²) < 4.78 is 40.6. The Morgan fingerprint density at radius 2 is 2.09 bits per heavy atom. The number of halogens is 1. The standard InChI is InChI=1S/C15H16FNO5S/c16-13-4-2-1-3-11(13)5-6-15(19)22-9-14(18)17-12-7-8-23(20,21)10-12/h1-6,12H,7-10H2,(H,17,18)/b6-5+/t12-/m1/s1. The maximum atomic E-state index is 13.3. The highest BCUT2D eigenvalue weighted by molar-refractivity contribution is 7.91. The van der Waals surface area contributed by atoms with Gasteiger partial charge in [0, 0.05) is 17.7 Å². The van der Waals surface area contributed by atoms with Crippen molar-refractivity contribution < 1.29 is 27.1 Å². The number of rotatable bonds is 5. The second-order valence-corrected chi connectivity index (χ2v) is 7.36. The summed E-state index contributed by atoms with van der Waals surface area (Å²) in [6.07, 6.45) is 2.63. The highest BCUT2D eigenvalue weighted by Crippen LogP contribution is 2.11. The molecule has 1 aliphatic rings. The van der Waals surface area contributed by atoms with Crippen LogP contribution in [0.4, 0.5) is 4.39 Å². The summed E-state index contributed by atoms with van der Waals surface area (Å²) in [6.45, 7) is -0.517. The molecule has 1 saturated heterocycles. The summed E-state index contributed by atoms with van der Waals surface area (Å²) in [4.78, 5) is 23.0. The molecule has 0 spiro atoms. The number of hydrogen-bond donors (Lipinski definition) is 1. The molecule has 1 atom stereocenters. The van der Waals surface area contributed by atoms with Crippen LogP contribution in [-0.2, 0) is 24.2 Å². The zero-order chi connectivity index (χ0) is 16.9. The molecular formula is C15H16FNO5S. The van der Waals surface area contributed by atoms with Gasteiger partial charge in [-0.1, -0.05) is 18.2 Å². The Morgan fingerprint density at radius 1 is 1.35 bits per heavy atom. The summed E-state index contributed by atoms with van der Waals surface area (Å²) in [5.74, 6) is -1.89. The highest BCUT2D eigenvalue weighted by Gasteiger charge is 2.28. The van der Waals surface area contributed by atoms with Gasteiger partial charge in [0.25, 0.3) is 5.91 Å². The molecule has 1 heterocycles. The molecule has 0 saturated carbocycles. The van der Waals surface area contributed by atoms with Gasteiger partial charge in [0.05, 0.1) is 11.5 Å². The molecule has 2 rings (SSSR count). The van der Waals surface area contributed by atoms with Crippen LogP contribution in [0.25, 0.3) is 6.08 Å². The number of hydrogen-bond acceptors (Lipinski definition) is 5. The molecule has 1 fully saturated rings. The molecule has 1 N–H and O–H groups in total. The van der Waals surface area contributed by atoms with Crippen molar-refractivity contribution in [1.82, 2.24) is 5.32 Å². The second kappa shape index (κ2) is 7.36. The smallest absolute Gasteiger partial charge is 0.331 e. The summed E-state index contributed by atoms with van der Waals surface area (Å²) in [6, 6.07) is 5.45. The normalized spacial score (nSPS) is 19.6. The number of nitrogens with one attached hydrogen (secondary N) is 1. The molecular weight excluding hydrogens is 325 g/mol. The monoisotopic (exact) mass is 341 g/mol. The zero-order valence-electron chi connectivity index (χ0n) is 12.2. The minimum Gasteiger partial charge on any atom is -0.452 e. The fraction of sp³-hybridized carbons (Fsp3) is 0.333. The van der Waals surface area contributed by atoms with Crippen molar-refractivity contribution in [3.63, 3.8) is 0 Å². The van der Waals surface area contributed by atoms with E-state index in [0.29, 0.717) is 6.42 Å². The van der Waals surface area contributed by atoms with Crippen LogP contribution >= 0.6 is 0 Å². The van der Waals surface area contributed by atoms with Crippen molar-refractivity contribution in [1.29, 1.82) is 0 Å². The first-order chi connectivity index (χ1) is 10.9. The summed E-state index contributed by atoms with van der Waals surface area (Å²) >= 11 is 0. The average Bonchev–Trinajstić information content (AvgIpc) is 2.83. The maximum absolute atomic E-state index is 13.3. The van der Waals surface area contributed by atoms with Crippen LogP contribution in [-0.4, -0.2) is 44.4 Å². The van der Waals surface area contributed by atoms with E-state index in [1.807, 2.05) is 0 Å². The molecule has 1 amide bonds. The first kappa shape index (κ1) is 17.1. The number of esters is 1. The lowest BCUT2D eigenvalue weighted by Crippen LogP contribution is -2.38. The van der Waals surface area contributed by atoms with E-state index in [1.165, 1.54) is 24.3 Å². The van der Waals surface area contributed by atoms with Gasteiger partial charge in [0.2, 0.25) is 0 Å². The van der Waals surface area contributed by atoms with E-state index in [0.717, 1.165) is 6.08 Å². The fourth-order valence-electron chi connectivity index (χ4n) is 2.13. The van der Waals surface area contributed by atoms with E-state index in [2.05, 4.69) is 5.32 Å². The Kier molecular flexibility index (Phi) is 5.49. The van der Waals surface area contributed by atoms with Crippen LogP contribution < -0.4 is 5.32 Å². The van der Waals surface area contributed by atoms with Crippen molar-refractivity contribution in [2.24, 2.45) is 0 Å². The molecule has 0 unspecified atom stereocenters. The quantitative estimate of drug-likeness (QED) is 0.628. The molecule has 0 radical (unpaired) electrons. The fourth-order valence-corrected chi connectivity index (χ4v) is 3.80. The van der Waals surface area contributed by atoms with Gasteiger partial charge in [0.15, 0.2) is 16.4 Å². The summed E-state index contributed by atoms with van der Waals surface area (Å²) in [5, 5.41) is 2.49. The van der Waals surface area contributed by atoms with Crippen LogP contribution in [0.15, 0.2) is 30.3 Å². The van der Waals surface area contributed by atoms with Gasteiger partial charge < -0.3 is 10.1 Å². The molecule has 23 heavy (non-hydrogen) atoms. The lowest BCUT2D eigenvalue weighted by atomic mass is 10.2. The largest absolute Gasteiger partial charge is 0.452 e. The Balaban J connectivity index is 1.76. The topological polar surface area (TPSA) is 89.5 Å². The number of sulfone groups is 1. The summed E-state index contributed by atoms with van der Waals surface area (Å²) in [7, 11) is -3.08. The van der Waals surface area contributed by atoms with Gasteiger partial charge in [-0.05, 0) is 18.6 Å². The second-order valence-electron chi connectivity index (χ2n) is 5.13. The Morgan fingerprint density at radius 3 is 2.74 bits per heavy atom. The van der Waals surface area contributed by atoms with Crippen molar-refractivity contribution >= 4 is 27.8 Å². The Labute approximate surface area is 133 Å². The van der Waals surface area contributed by atoms with E-state index < -0.39 is 40.2 Å². The molecule has 1 aromatic rings. The van der Waals surface area contributed by atoms with Gasteiger partial charge in [0.1, 0.15) is 5.82 Å². The SMILES string of the molecule is O=C(COC(=O)/C=C/c1ccccc1F)N[C@@H]1CCS(=O)(=O)C1. The molecule has 0 aliphatic carbocycles. The van der Waals surface area contributed by atoms with Crippen LogP contribution in [0.1, 0.15) is 12.0 Å². The lowest BCUT2D eigenvalue weighted by molar-refractivity contribution is -0.143. The number of carbonyl (C=O) groups excluding carboxylic acids is 2. The van der Waals surface area contributed by atoms with Gasteiger partial charge in [-0.25, -0.2) is 17.6 Å². The number of benzene rings is 1. The van der Waals surface area contributed by atoms with Crippen molar-refractivity contribution in [3.8, 4) is 0 Å².